The van der Waals surface area contributed by atoms with Crippen LogP contribution in [0.1, 0.15) is 12.5 Å². The minimum atomic E-state index is -0.0786. The van der Waals surface area contributed by atoms with Gasteiger partial charge in [0, 0.05) is 22.1 Å². The summed E-state index contributed by atoms with van der Waals surface area (Å²) in [6.45, 7) is 4.66. The summed E-state index contributed by atoms with van der Waals surface area (Å²) in [6.07, 6.45) is 0. The van der Waals surface area contributed by atoms with Crippen molar-refractivity contribution in [3.8, 4) is 11.6 Å². The first-order valence-corrected chi connectivity index (χ1v) is 10.9. The number of aromatic nitrogens is 3. The molecule has 2 heterocycles. The number of para-hydroxylation sites is 1. The van der Waals surface area contributed by atoms with Gasteiger partial charge < -0.3 is 9.73 Å². The van der Waals surface area contributed by atoms with Crippen LogP contribution in [0, 0.1) is 6.92 Å². The average Bonchev–Trinajstić information content (AvgIpc) is 3.31. The molecule has 0 fully saturated rings. The van der Waals surface area contributed by atoms with Crippen LogP contribution >= 0.6 is 27.7 Å². The molecule has 4 aromatic rings. The van der Waals surface area contributed by atoms with Crippen molar-refractivity contribution < 1.29 is 9.21 Å². The van der Waals surface area contributed by atoms with Crippen LogP contribution < -0.4 is 5.32 Å². The number of carbonyl (C=O) groups excluding carboxylic acids is 1. The molecule has 6 nitrogen and oxygen atoms in total. The van der Waals surface area contributed by atoms with E-state index in [0.29, 0.717) is 23.3 Å². The molecule has 4 rings (SSSR count). The Kier molecular flexibility index (Phi) is 5.73. The molecule has 2 aromatic carbocycles. The molecule has 1 amide bonds. The Morgan fingerprint density at radius 3 is 2.83 bits per heavy atom. The van der Waals surface area contributed by atoms with Crippen LogP contribution in [0.2, 0.25) is 0 Å². The number of furan rings is 1. The van der Waals surface area contributed by atoms with Crippen molar-refractivity contribution in [1.82, 2.24) is 14.8 Å². The Hall–Kier alpha value is -2.58. The molecule has 0 bridgehead atoms. The number of rotatable bonds is 6. The van der Waals surface area contributed by atoms with Gasteiger partial charge >= 0.3 is 0 Å². The topological polar surface area (TPSA) is 73.0 Å². The molecule has 2 aromatic heterocycles. The second-order valence-electron chi connectivity index (χ2n) is 6.50. The molecule has 0 unspecified atom stereocenters. The number of halogens is 1. The van der Waals surface area contributed by atoms with Gasteiger partial charge in [0.05, 0.1) is 5.75 Å². The Bertz CT molecular complexity index is 1180. The van der Waals surface area contributed by atoms with Crippen molar-refractivity contribution in [2.75, 3.05) is 11.1 Å². The molecule has 8 heteroatoms. The van der Waals surface area contributed by atoms with Gasteiger partial charge in [0.15, 0.2) is 10.9 Å². The van der Waals surface area contributed by atoms with Gasteiger partial charge in [-0.05, 0) is 49.7 Å². The molecule has 29 heavy (non-hydrogen) atoms. The molecule has 0 spiro atoms. The van der Waals surface area contributed by atoms with Gasteiger partial charge in [-0.2, -0.15) is 0 Å². The number of nitrogens with one attached hydrogen (secondary N) is 1. The SMILES string of the molecule is CCn1c(SCC(=O)Nc2ccccc2C)nnc1-c1cc2cc(Br)ccc2o1. The zero-order chi connectivity index (χ0) is 20.4. The van der Waals surface area contributed by atoms with Crippen LogP contribution in [0.5, 0.6) is 0 Å². The van der Waals surface area contributed by atoms with Crippen LogP contribution in [-0.2, 0) is 11.3 Å². The highest BCUT2D eigenvalue weighted by Gasteiger charge is 2.18. The third-order valence-electron chi connectivity index (χ3n) is 4.48. The number of hydrogen-bond donors (Lipinski definition) is 1. The summed E-state index contributed by atoms with van der Waals surface area (Å²) in [6, 6.07) is 15.5. The van der Waals surface area contributed by atoms with Gasteiger partial charge in [-0.25, -0.2) is 0 Å². The van der Waals surface area contributed by atoms with E-state index in [1.165, 1.54) is 11.8 Å². The van der Waals surface area contributed by atoms with Gasteiger partial charge in [0.2, 0.25) is 11.7 Å². The fourth-order valence-electron chi connectivity index (χ4n) is 3.02. The van der Waals surface area contributed by atoms with Crippen molar-refractivity contribution in [1.29, 1.82) is 0 Å². The Labute approximate surface area is 180 Å². The second-order valence-corrected chi connectivity index (χ2v) is 8.35. The highest BCUT2D eigenvalue weighted by molar-refractivity contribution is 9.10. The number of aryl methyl sites for hydroxylation is 1. The summed E-state index contributed by atoms with van der Waals surface area (Å²) in [4.78, 5) is 12.4. The maximum atomic E-state index is 12.4. The van der Waals surface area contributed by atoms with Crippen LogP contribution in [0.15, 0.2) is 62.6 Å². The summed E-state index contributed by atoms with van der Waals surface area (Å²) < 4.78 is 8.90. The van der Waals surface area contributed by atoms with E-state index in [1.54, 1.807) is 0 Å². The predicted molar refractivity (Wildman–Crippen MR) is 119 cm³/mol. The standard InChI is InChI=1S/C21H19BrN4O2S/c1-3-26-20(18-11-14-10-15(22)8-9-17(14)28-18)24-25-21(26)29-12-19(27)23-16-7-5-4-6-13(16)2/h4-11H,3,12H2,1-2H3,(H,23,27). The molecule has 0 aliphatic rings. The van der Waals surface area contributed by atoms with Crippen molar-refractivity contribution in [3.63, 3.8) is 0 Å². The molecule has 0 aliphatic carbocycles. The highest BCUT2D eigenvalue weighted by atomic mass is 79.9. The minimum Gasteiger partial charge on any atom is -0.453 e. The molecule has 148 valence electrons. The van der Waals surface area contributed by atoms with E-state index in [4.69, 9.17) is 4.42 Å². The van der Waals surface area contributed by atoms with Crippen LogP contribution in [0.25, 0.3) is 22.6 Å². The number of carbonyl (C=O) groups is 1. The fraction of sp³-hybridized carbons (Fsp3) is 0.190. The van der Waals surface area contributed by atoms with E-state index < -0.39 is 0 Å². The Balaban J connectivity index is 1.51. The van der Waals surface area contributed by atoms with Crippen molar-refractivity contribution in [3.05, 3.63) is 58.6 Å². The lowest BCUT2D eigenvalue weighted by atomic mass is 10.2. The lowest BCUT2D eigenvalue weighted by molar-refractivity contribution is -0.113. The lowest BCUT2D eigenvalue weighted by Gasteiger charge is -2.08. The molecule has 0 radical (unpaired) electrons. The average molecular weight is 471 g/mol. The normalized spacial score (nSPS) is 11.1. The quantitative estimate of drug-likeness (QED) is 0.376. The van der Waals surface area contributed by atoms with E-state index in [-0.39, 0.29) is 11.7 Å². The summed E-state index contributed by atoms with van der Waals surface area (Å²) in [7, 11) is 0. The number of fused-ring (bicyclic) bond motifs is 1. The van der Waals surface area contributed by atoms with Crippen LogP contribution in [0.4, 0.5) is 5.69 Å². The minimum absolute atomic E-state index is 0.0786. The monoisotopic (exact) mass is 470 g/mol. The highest BCUT2D eigenvalue weighted by Crippen LogP contribution is 2.30. The molecular formula is C21H19BrN4O2S. The number of benzene rings is 2. The summed E-state index contributed by atoms with van der Waals surface area (Å²) in [5.74, 6) is 1.48. The van der Waals surface area contributed by atoms with E-state index in [1.807, 2.05) is 66.9 Å². The molecule has 0 atom stereocenters. The van der Waals surface area contributed by atoms with E-state index in [9.17, 15) is 4.79 Å². The third-order valence-corrected chi connectivity index (χ3v) is 5.94. The number of amides is 1. The first-order chi connectivity index (χ1) is 14.0. The zero-order valence-corrected chi connectivity index (χ0v) is 18.4. The Morgan fingerprint density at radius 2 is 2.03 bits per heavy atom. The van der Waals surface area contributed by atoms with Gasteiger partial charge in [-0.3, -0.25) is 9.36 Å². The number of nitrogens with zero attached hydrogens (tertiary/aromatic N) is 3. The van der Waals surface area contributed by atoms with Crippen molar-refractivity contribution in [2.45, 2.75) is 25.5 Å². The smallest absolute Gasteiger partial charge is 0.234 e. The first kappa shape index (κ1) is 19.7. The predicted octanol–water partition coefficient (Wildman–Crippen LogP) is 5.51. The number of thioether (sulfide) groups is 1. The first-order valence-electron chi connectivity index (χ1n) is 9.16. The zero-order valence-electron chi connectivity index (χ0n) is 16.0. The molecular weight excluding hydrogens is 452 g/mol. The van der Waals surface area contributed by atoms with E-state index in [0.717, 1.165) is 26.7 Å². The lowest BCUT2D eigenvalue weighted by Crippen LogP contribution is -2.15. The van der Waals surface area contributed by atoms with Gasteiger partial charge in [0.1, 0.15) is 5.58 Å². The summed E-state index contributed by atoms with van der Waals surface area (Å²) in [5, 5.41) is 13.2. The maximum absolute atomic E-state index is 12.4. The number of anilines is 1. The van der Waals surface area contributed by atoms with E-state index in [2.05, 4.69) is 31.4 Å². The van der Waals surface area contributed by atoms with Gasteiger partial charge in [-0.1, -0.05) is 45.9 Å². The van der Waals surface area contributed by atoms with Crippen LogP contribution in [0.3, 0.4) is 0 Å². The molecule has 0 saturated carbocycles. The number of hydrogen-bond acceptors (Lipinski definition) is 5. The van der Waals surface area contributed by atoms with Gasteiger partial charge in [0.25, 0.3) is 0 Å². The van der Waals surface area contributed by atoms with Gasteiger partial charge in [-0.15, -0.1) is 10.2 Å². The summed E-state index contributed by atoms with van der Waals surface area (Å²) >= 11 is 4.83. The van der Waals surface area contributed by atoms with E-state index >= 15 is 0 Å². The van der Waals surface area contributed by atoms with Crippen molar-refractivity contribution >= 4 is 50.3 Å². The van der Waals surface area contributed by atoms with Crippen LogP contribution in [-0.4, -0.2) is 26.4 Å². The molecule has 0 saturated heterocycles. The second kappa shape index (κ2) is 8.42. The summed E-state index contributed by atoms with van der Waals surface area (Å²) in [5.41, 5.74) is 2.64. The maximum Gasteiger partial charge on any atom is 0.234 e. The molecule has 1 N–H and O–H groups in total. The third kappa shape index (κ3) is 4.23. The largest absolute Gasteiger partial charge is 0.453 e. The molecule has 0 aliphatic heterocycles. The Morgan fingerprint density at radius 1 is 1.21 bits per heavy atom. The van der Waals surface area contributed by atoms with Crippen molar-refractivity contribution in [2.24, 2.45) is 0 Å². The fourth-order valence-corrected chi connectivity index (χ4v) is 4.20.